The average Bonchev–Trinajstić information content (AvgIpc) is 3.31. The molecule has 0 N–H and O–H groups in total. The number of fused-ring (bicyclic) bond motifs is 1. The van der Waals surface area contributed by atoms with Crippen LogP contribution in [0.1, 0.15) is 16.1 Å². The Hall–Kier alpha value is -3.64. The number of piperazine rings is 1. The second-order valence-corrected chi connectivity index (χ2v) is 10.3. The van der Waals surface area contributed by atoms with E-state index in [2.05, 4.69) is 51.9 Å². The quantitative estimate of drug-likeness (QED) is 0.242. The van der Waals surface area contributed by atoms with Crippen LogP contribution in [0.3, 0.4) is 0 Å². The molecule has 0 unspecified atom stereocenters. The fourth-order valence-corrected chi connectivity index (χ4v) is 5.35. The second kappa shape index (κ2) is 10.6. The number of hydrogen-bond acceptors (Lipinski definition) is 3. The highest BCUT2D eigenvalue weighted by Crippen LogP contribution is 2.29. The van der Waals surface area contributed by atoms with Crippen molar-refractivity contribution < 1.29 is 4.79 Å². The third kappa shape index (κ3) is 4.93. The Balaban J connectivity index is 1.30. The maximum atomic E-state index is 13.1. The molecule has 2 aromatic heterocycles. The Bertz CT molecular complexity index is 1590. The lowest BCUT2D eigenvalue weighted by atomic mass is 10.1. The largest absolute Gasteiger partial charge is 0.336 e. The second-order valence-electron chi connectivity index (χ2n) is 9.47. The summed E-state index contributed by atoms with van der Waals surface area (Å²) >= 11 is 12.5. The Morgan fingerprint density at radius 2 is 1.42 bits per heavy atom. The molecule has 5 nitrogen and oxygen atoms in total. The van der Waals surface area contributed by atoms with Crippen molar-refractivity contribution in [3.63, 3.8) is 0 Å². The minimum Gasteiger partial charge on any atom is -0.336 e. The van der Waals surface area contributed by atoms with Gasteiger partial charge in [-0.2, -0.15) is 0 Å². The van der Waals surface area contributed by atoms with E-state index in [0.29, 0.717) is 35.2 Å². The van der Waals surface area contributed by atoms with Gasteiger partial charge in [0.1, 0.15) is 5.65 Å². The number of hydrogen-bond donors (Lipinski definition) is 0. The summed E-state index contributed by atoms with van der Waals surface area (Å²) in [4.78, 5) is 22.3. The van der Waals surface area contributed by atoms with Gasteiger partial charge in [-0.15, -0.1) is 0 Å². The first kappa shape index (κ1) is 24.7. The zero-order valence-corrected chi connectivity index (χ0v) is 22.2. The lowest BCUT2D eigenvalue weighted by Crippen LogP contribution is -2.48. The number of benzene rings is 3. The van der Waals surface area contributed by atoms with Crippen LogP contribution in [-0.4, -0.2) is 51.3 Å². The van der Waals surface area contributed by atoms with E-state index in [1.165, 1.54) is 0 Å². The van der Waals surface area contributed by atoms with Crippen LogP contribution in [0.5, 0.6) is 0 Å². The number of amides is 1. The summed E-state index contributed by atoms with van der Waals surface area (Å²) in [5.74, 6) is -0.0144. The third-order valence-corrected chi connectivity index (χ3v) is 7.66. The van der Waals surface area contributed by atoms with Crippen molar-refractivity contribution in [1.82, 2.24) is 19.2 Å². The first-order valence-electron chi connectivity index (χ1n) is 12.7. The molecule has 6 rings (SSSR count). The van der Waals surface area contributed by atoms with Crippen LogP contribution in [0.15, 0.2) is 97.2 Å². The minimum atomic E-state index is -0.0144. The van der Waals surface area contributed by atoms with E-state index in [4.69, 9.17) is 28.2 Å². The number of imidazole rings is 1. The van der Waals surface area contributed by atoms with E-state index in [-0.39, 0.29) is 5.91 Å². The molecule has 0 radical (unpaired) electrons. The van der Waals surface area contributed by atoms with Crippen molar-refractivity contribution in [2.45, 2.75) is 6.54 Å². The molecule has 1 saturated heterocycles. The zero-order chi connectivity index (χ0) is 26.1. The van der Waals surface area contributed by atoms with E-state index < -0.39 is 0 Å². The Labute approximate surface area is 231 Å². The van der Waals surface area contributed by atoms with Crippen LogP contribution in [-0.2, 0) is 6.54 Å². The van der Waals surface area contributed by atoms with Gasteiger partial charge >= 0.3 is 0 Å². The molecular weight excluding hydrogens is 515 g/mol. The summed E-state index contributed by atoms with van der Waals surface area (Å²) in [5, 5.41) is 1.19. The van der Waals surface area contributed by atoms with E-state index in [1.807, 2.05) is 47.4 Å². The standard InChI is InChI=1S/C31H26Cl2N4O/c32-25-13-10-23(11-14-25)30-28(37-20-24(12-15-29(37)34-30)22-6-2-1-3-7-22)21-35-16-18-36(19-17-35)31(38)26-8-4-5-9-27(26)33/h1-15,20H,16-19,21H2. The fraction of sp³-hybridized carbons (Fsp3) is 0.161. The molecule has 1 fully saturated rings. The molecule has 190 valence electrons. The number of pyridine rings is 1. The van der Waals surface area contributed by atoms with E-state index in [1.54, 1.807) is 12.1 Å². The summed E-state index contributed by atoms with van der Waals surface area (Å²) in [6.45, 7) is 3.54. The van der Waals surface area contributed by atoms with Crippen LogP contribution in [0.4, 0.5) is 0 Å². The van der Waals surface area contributed by atoms with E-state index in [0.717, 1.165) is 46.8 Å². The SMILES string of the molecule is O=C(c1ccccc1Cl)N1CCN(Cc2c(-c3ccc(Cl)cc3)nc3ccc(-c4ccccc4)cn23)CC1. The number of nitrogens with zero attached hydrogens (tertiary/aromatic N) is 4. The molecule has 1 aliphatic rings. The highest BCUT2D eigenvalue weighted by molar-refractivity contribution is 6.33. The van der Waals surface area contributed by atoms with Crippen molar-refractivity contribution in [1.29, 1.82) is 0 Å². The van der Waals surface area contributed by atoms with Gasteiger partial charge in [-0.1, -0.05) is 77.8 Å². The molecule has 0 spiro atoms. The highest BCUT2D eigenvalue weighted by Gasteiger charge is 2.25. The Kier molecular flexibility index (Phi) is 6.90. The predicted molar refractivity (Wildman–Crippen MR) is 154 cm³/mol. The van der Waals surface area contributed by atoms with Crippen molar-refractivity contribution in [2.24, 2.45) is 0 Å². The van der Waals surface area contributed by atoms with E-state index >= 15 is 0 Å². The molecule has 0 aliphatic carbocycles. The van der Waals surface area contributed by atoms with Gasteiger partial charge in [-0.25, -0.2) is 4.98 Å². The molecule has 0 bridgehead atoms. The minimum absolute atomic E-state index is 0.0144. The summed E-state index contributed by atoms with van der Waals surface area (Å²) < 4.78 is 2.20. The summed E-state index contributed by atoms with van der Waals surface area (Å²) in [5.41, 5.74) is 6.85. The Morgan fingerprint density at radius 1 is 0.737 bits per heavy atom. The molecule has 7 heteroatoms. The van der Waals surface area contributed by atoms with Gasteiger partial charge in [-0.3, -0.25) is 9.69 Å². The van der Waals surface area contributed by atoms with Crippen LogP contribution in [0, 0.1) is 0 Å². The first-order valence-corrected chi connectivity index (χ1v) is 13.4. The predicted octanol–water partition coefficient (Wildman–Crippen LogP) is 6.93. The molecule has 3 heterocycles. The number of aromatic nitrogens is 2. The normalized spacial score (nSPS) is 14.2. The first-order chi connectivity index (χ1) is 18.6. The van der Waals surface area contributed by atoms with Crippen molar-refractivity contribution in [2.75, 3.05) is 26.2 Å². The van der Waals surface area contributed by atoms with Gasteiger partial charge in [0.15, 0.2) is 0 Å². The van der Waals surface area contributed by atoms with Gasteiger partial charge in [0, 0.05) is 49.5 Å². The van der Waals surface area contributed by atoms with Crippen LogP contribution in [0.2, 0.25) is 10.0 Å². The molecule has 0 atom stereocenters. The maximum absolute atomic E-state index is 13.1. The summed E-state index contributed by atoms with van der Waals surface area (Å²) in [7, 11) is 0. The third-order valence-electron chi connectivity index (χ3n) is 7.08. The monoisotopic (exact) mass is 540 g/mol. The summed E-state index contributed by atoms with van der Waals surface area (Å²) in [6.07, 6.45) is 2.17. The fourth-order valence-electron chi connectivity index (χ4n) is 5.01. The van der Waals surface area contributed by atoms with Gasteiger partial charge in [-0.05, 0) is 47.5 Å². The Morgan fingerprint density at radius 3 is 2.16 bits per heavy atom. The number of carbonyl (C=O) groups excluding carboxylic acids is 1. The number of rotatable bonds is 5. The van der Waals surface area contributed by atoms with Gasteiger partial charge < -0.3 is 9.30 Å². The molecule has 0 saturated carbocycles. The lowest BCUT2D eigenvalue weighted by Gasteiger charge is -2.35. The van der Waals surface area contributed by atoms with Crippen molar-refractivity contribution in [3.8, 4) is 22.4 Å². The molecule has 38 heavy (non-hydrogen) atoms. The van der Waals surface area contributed by atoms with Crippen molar-refractivity contribution in [3.05, 3.63) is 118 Å². The number of halogens is 2. The van der Waals surface area contributed by atoms with Crippen LogP contribution < -0.4 is 0 Å². The molecular formula is C31H26Cl2N4O. The van der Waals surface area contributed by atoms with Crippen LogP contribution >= 0.6 is 23.2 Å². The average molecular weight is 541 g/mol. The zero-order valence-electron chi connectivity index (χ0n) is 20.7. The number of carbonyl (C=O) groups is 1. The van der Waals surface area contributed by atoms with Gasteiger partial charge in [0.25, 0.3) is 5.91 Å². The maximum Gasteiger partial charge on any atom is 0.255 e. The molecule has 1 aliphatic heterocycles. The van der Waals surface area contributed by atoms with E-state index in [9.17, 15) is 4.79 Å². The molecule has 1 amide bonds. The molecule has 5 aromatic rings. The smallest absolute Gasteiger partial charge is 0.255 e. The summed E-state index contributed by atoms with van der Waals surface area (Å²) in [6, 6.07) is 29.6. The van der Waals surface area contributed by atoms with Crippen molar-refractivity contribution >= 4 is 34.8 Å². The highest BCUT2D eigenvalue weighted by atomic mass is 35.5. The van der Waals surface area contributed by atoms with Crippen LogP contribution in [0.25, 0.3) is 28.0 Å². The topological polar surface area (TPSA) is 40.9 Å². The van der Waals surface area contributed by atoms with Gasteiger partial charge in [0.05, 0.1) is 22.0 Å². The lowest BCUT2D eigenvalue weighted by molar-refractivity contribution is 0.0627. The van der Waals surface area contributed by atoms with Gasteiger partial charge in [0.2, 0.25) is 0 Å². The molecule has 3 aromatic carbocycles.